The number of hydrogen-bond acceptors (Lipinski definition) is 3. The Labute approximate surface area is 175 Å². The van der Waals surface area contributed by atoms with Crippen LogP contribution in [0.5, 0.6) is 0 Å². The van der Waals surface area contributed by atoms with Crippen molar-refractivity contribution in [3.05, 3.63) is 77.9 Å². The van der Waals surface area contributed by atoms with Crippen LogP contribution in [0.25, 0.3) is 0 Å². The second-order valence-electron chi connectivity index (χ2n) is 8.33. The topological polar surface area (TPSA) is 74.2 Å². The van der Waals surface area contributed by atoms with E-state index in [2.05, 4.69) is 22.2 Å². The monoisotopic (exact) mass is 403 g/mol. The minimum Gasteiger partial charge on any atom is -0.357 e. The molecule has 3 atom stereocenters. The molecule has 0 aliphatic carbocycles. The molecule has 2 aliphatic rings. The smallest absolute Gasteiger partial charge is 0.270 e. The van der Waals surface area contributed by atoms with Crippen molar-refractivity contribution in [3.8, 4) is 0 Å². The van der Waals surface area contributed by atoms with Crippen molar-refractivity contribution in [2.75, 3.05) is 19.6 Å². The van der Waals surface area contributed by atoms with Gasteiger partial charge in [-0.25, -0.2) is 0 Å². The van der Waals surface area contributed by atoms with Crippen LogP contribution < -0.4 is 0 Å². The highest BCUT2D eigenvalue weighted by molar-refractivity contribution is 5.93. The van der Waals surface area contributed by atoms with Crippen molar-refractivity contribution in [1.82, 2.24) is 24.6 Å². The summed E-state index contributed by atoms with van der Waals surface area (Å²) in [7, 11) is 0. The van der Waals surface area contributed by atoms with Crippen LogP contribution in [-0.4, -0.2) is 56.0 Å². The van der Waals surface area contributed by atoms with E-state index in [1.807, 2.05) is 53.3 Å². The van der Waals surface area contributed by atoms with E-state index < -0.39 is 0 Å². The molecule has 5 rings (SSSR count). The maximum atomic E-state index is 13.2. The highest BCUT2D eigenvalue weighted by atomic mass is 16.2. The zero-order valence-electron chi connectivity index (χ0n) is 16.9. The predicted molar refractivity (Wildman–Crippen MR) is 112 cm³/mol. The van der Waals surface area contributed by atoms with Gasteiger partial charge in [0, 0.05) is 43.9 Å². The fraction of sp³-hybridized carbons (Fsp3) is 0.348. The van der Waals surface area contributed by atoms with E-state index in [0.717, 1.165) is 11.1 Å². The number of carbonyl (C=O) groups excluding carboxylic acids is 2. The third-order valence-corrected chi connectivity index (χ3v) is 6.31. The van der Waals surface area contributed by atoms with Crippen LogP contribution in [0.1, 0.15) is 27.7 Å². The van der Waals surface area contributed by atoms with Gasteiger partial charge in [0.1, 0.15) is 12.2 Å². The Hall–Kier alpha value is -3.35. The van der Waals surface area contributed by atoms with Crippen LogP contribution in [-0.2, 0) is 11.3 Å². The lowest BCUT2D eigenvalue weighted by atomic mass is 9.89. The second kappa shape index (κ2) is 7.48. The molecule has 30 heavy (non-hydrogen) atoms. The number of benzene rings is 1. The minimum absolute atomic E-state index is 0.0214. The first-order valence-electron chi connectivity index (χ1n) is 10.4. The number of aromatic nitrogens is 3. The fourth-order valence-electron chi connectivity index (χ4n) is 4.94. The molecule has 0 spiro atoms. The van der Waals surface area contributed by atoms with Gasteiger partial charge in [0.15, 0.2) is 0 Å². The molecule has 1 aromatic carbocycles. The molecule has 154 valence electrons. The van der Waals surface area contributed by atoms with Gasteiger partial charge in [0.05, 0.1) is 12.2 Å². The van der Waals surface area contributed by atoms with E-state index >= 15 is 0 Å². The molecule has 0 unspecified atom stereocenters. The van der Waals surface area contributed by atoms with Crippen LogP contribution >= 0.6 is 0 Å². The van der Waals surface area contributed by atoms with Gasteiger partial charge in [-0.2, -0.15) is 5.10 Å². The number of aromatic amines is 1. The summed E-state index contributed by atoms with van der Waals surface area (Å²) in [4.78, 5) is 33.0. The lowest BCUT2D eigenvalue weighted by Gasteiger charge is -2.29. The van der Waals surface area contributed by atoms with E-state index in [1.54, 1.807) is 17.1 Å². The molecular weight excluding hydrogens is 378 g/mol. The first-order valence-corrected chi connectivity index (χ1v) is 10.4. The Morgan fingerprint density at radius 2 is 1.93 bits per heavy atom. The van der Waals surface area contributed by atoms with Crippen molar-refractivity contribution in [2.24, 2.45) is 11.8 Å². The van der Waals surface area contributed by atoms with Gasteiger partial charge in [-0.15, -0.1) is 0 Å². The van der Waals surface area contributed by atoms with E-state index in [4.69, 9.17) is 0 Å². The maximum absolute atomic E-state index is 13.2. The third kappa shape index (κ3) is 3.30. The molecule has 2 aliphatic heterocycles. The Bertz CT molecular complexity index is 1040. The number of aryl methyl sites for hydroxylation is 1. The number of nitrogens with one attached hydrogen (secondary N) is 1. The van der Waals surface area contributed by atoms with Crippen molar-refractivity contribution < 1.29 is 9.59 Å². The predicted octanol–water partition coefficient (Wildman–Crippen LogP) is 2.49. The second-order valence-corrected chi connectivity index (χ2v) is 8.33. The number of rotatable bonds is 4. The van der Waals surface area contributed by atoms with E-state index in [-0.39, 0.29) is 36.2 Å². The molecule has 0 bridgehead atoms. The Morgan fingerprint density at radius 3 is 2.63 bits per heavy atom. The summed E-state index contributed by atoms with van der Waals surface area (Å²) >= 11 is 0. The van der Waals surface area contributed by atoms with Crippen LogP contribution in [0.15, 0.2) is 61.1 Å². The first kappa shape index (κ1) is 18.7. The van der Waals surface area contributed by atoms with Gasteiger partial charge >= 0.3 is 0 Å². The lowest BCUT2D eigenvalue weighted by molar-refractivity contribution is -0.131. The third-order valence-electron chi connectivity index (χ3n) is 6.31. The Morgan fingerprint density at radius 1 is 1.10 bits per heavy atom. The molecule has 0 radical (unpaired) electrons. The number of carbonyl (C=O) groups is 2. The quantitative estimate of drug-likeness (QED) is 0.727. The number of fused-ring (bicyclic) bond motifs is 1. The summed E-state index contributed by atoms with van der Waals surface area (Å²) in [5.41, 5.74) is 2.78. The normalized spacial score (nSPS) is 23.0. The number of hydrogen-bond donors (Lipinski definition) is 1. The Balaban J connectivity index is 1.37. The number of likely N-dealkylation sites (tertiary alicyclic amines) is 2. The summed E-state index contributed by atoms with van der Waals surface area (Å²) in [5, 5.41) is 4.24. The molecule has 2 amide bonds. The van der Waals surface area contributed by atoms with Crippen molar-refractivity contribution in [2.45, 2.75) is 19.5 Å². The first-order chi connectivity index (χ1) is 14.6. The van der Waals surface area contributed by atoms with Crippen molar-refractivity contribution in [1.29, 1.82) is 0 Å². The Kier molecular flexibility index (Phi) is 4.65. The molecule has 7 heteroatoms. The SMILES string of the molecule is Cc1cnn(CC(=O)N2C[C@H]3CN(C(=O)c4ccc[nH]4)[C@@H](c4ccccc4)[C@H]3C2)c1. The zero-order valence-corrected chi connectivity index (χ0v) is 16.9. The zero-order chi connectivity index (χ0) is 20.7. The van der Waals surface area contributed by atoms with Gasteiger partial charge in [0.25, 0.3) is 5.91 Å². The van der Waals surface area contributed by atoms with Crippen LogP contribution in [0.4, 0.5) is 0 Å². The highest BCUT2D eigenvalue weighted by Crippen LogP contribution is 2.45. The van der Waals surface area contributed by atoms with E-state index in [1.165, 1.54) is 0 Å². The minimum atomic E-state index is -0.0308. The standard InChI is InChI=1S/C23H25N5O2/c1-16-10-25-27(11-16)15-21(29)26-12-18-13-28(23(30)20-8-5-9-24-20)22(19(18)14-26)17-6-3-2-4-7-17/h2-11,18-19,22,24H,12-15H2,1H3/t18-,19-,22-/m0/s1. The molecular formula is C23H25N5O2. The number of H-pyrrole nitrogens is 1. The lowest BCUT2D eigenvalue weighted by Crippen LogP contribution is -2.38. The van der Waals surface area contributed by atoms with Gasteiger partial charge in [-0.1, -0.05) is 30.3 Å². The molecule has 7 nitrogen and oxygen atoms in total. The van der Waals surface area contributed by atoms with E-state index in [9.17, 15) is 9.59 Å². The van der Waals surface area contributed by atoms with E-state index in [0.29, 0.717) is 25.3 Å². The fourth-order valence-corrected chi connectivity index (χ4v) is 4.94. The maximum Gasteiger partial charge on any atom is 0.270 e. The molecule has 2 saturated heterocycles. The largest absolute Gasteiger partial charge is 0.357 e. The number of amides is 2. The molecule has 2 fully saturated rings. The molecule has 2 aromatic heterocycles. The van der Waals surface area contributed by atoms with Gasteiger partial charge in [-0.05, 0) is 30.2 Å². The summed E-state index contributed by atoms with van der Waals surface area (Å²) in [6.45, 7) is 4.23. The molecule has 0 saturated carbocycles. The average Bonchev–Trinajstić information content (AvgIpc) is 3.52. The summed E-state index contributed by atoms with van der Waals surface area (Å²) in [5.74, 6) is 0.613. The van der Waals surface area contributed by atoms with Crippen LogP contribution in [0, 0.1) is 18.8 Å². The summed E-state index contributed by atoms with van der Waals surface area (Å²) in [6.07, 6.45) is 5.43. The summed E-state index contributed by atoms with van der Waals surface area (Å²) < 4.78 is 1.70. The van der Waals surface area contributed by atoms with Crippen LogP contribution in [0.3, 0.4) is 0 Å². The summed E-state index contributed by atoms with van der Waals surface area (Å²) in [6, 6.07) is 13.8. The molecule has 3 aromatic rings. The van der Waals surface area contributed by atoms with Gasteiger partial charge < -0.3 is 14.8 Å². The van der Waals surface area contributed by atoms with Crippen molar-refractivity contribution >= 4 is 11.8 Å². The van der Waals surface area contributed by atoms with Gasteiger partial charge in [-0.3, -0.25) is 14.3 Å². The highest BCUT2D eigenvalue weighted by Gasteiger charge is 2.50. The molecule has 4 heterocycles. The molecule has 1 N–H and O–H groups in total. The van der Waals surface area contributed by atoms with Crippen molar-refractivity contribution in [3.63, 3.8) is 0 Å². The number of nitrogens with zero attached hydrogens (tertiary/aromatic N) is 4. The van der Waals surface area contributed by atoms with Gasteiger partial charge in [0.2, 0.25) is 5.91 Å². The van der Waals surface area contributed by atoms with Crippen LogP contribution in [0.2, 0.25) is 0 Å². The average molecular weight is 403 g/mol.